The van der Waals surface area contributed by atoms with E-state index in [1.165, 1.54) is 19.3 Å². The van der Waals surface area contributed by atoms with Gasteiger partial charge in [-0.15, -0.1) is 0 Å². The minimum absolute atomic E-state index is 0.898. The van der Waals surface area contributed by atoms with Crippen LogP contribution in [-0.2, 0) is 0 Å². The molecule has 0 unspecified atom stereocenters. The zero-order valence-electron chi connectivity index (χ0n) is 6.72. The van der Waals surface area contributed by atoms with E-state index < -0.39 is 0 Å². The van der Waals surface area contributed by atoms with Crippen molar-refractivity contribution in [1.29, 1.82) is 0 Å². The first-order valence-corrected chi connectivity index (χ1v) is 3.92. The topological polar surface area (TPSA) is 3.24 Å². The Morgan fingerprint density at radius 1 is 1.33 bits per heavy atom. The Morgan fingerprint density at radius 3 is 2.11 bits per heavy atom. The van der Waals surface area contributed by atoms with Gasteiger partial charge in [0.05, 0.1) is 0 Å². The minimum atomic E-state index is 0.898. The lowest BCUT2D eigenvalue weighted by molar-refractivity contribution is 0.104. The highest BCUT2D eigenvalue weighted by molar-refractivity contribution is 4.85. The lowest BCUT2D eigenvalue weighted by Crippen LogP contribution is -2.42. The van der Waals surface area contributed by atoms with E-state index in [4.69, 9.17) is 0 Å². The Balaban J connectivity index is 2.27. The summed E-state index contributed by atoms with van der Waals surface area (Å²) in [4.78, 5) is 2.36. The summed E-state index contributed by atoms with van der Waals surface area (Å²) < 4.78 is 0. The van der Waals surface area contributed by atoms with E-state index >= 15 is 0 Å². The summed E-state index contributed by atoms with van der Waals surface area (Å²) in [6, 6.07) is 0.898. The van der Waals surface area contributed by atoms with Crippen LogP contribution in [0.1, 0.15) is 26.2 Å². The van der Waals surface area contributed by atoms with Crippen molar-refractivity contribution in [2.75, 3.05) is 14.1 Å². The molecule has 1 rings (SSSR count). The molecule has 0 spiro atoms. The van der Waals surface area contributed by atoms with Crippen LogP contribution in [0.4, 0.5) is 0 Å². The van der Waals surface area contributed by atoms with Gasteiger partial charge in [-0.1, -0.05) is 13.3 Å². The molecule has 1 fully saturated rings. The van der Waals surface area contributed by atoms with Crippen molar-refractivity contribution in [2.45, 2.75) is 32.2 Å². The summed E-state index contributed by atoms with van der Waals surface area (Å²) in [6.45, 7) is 2.29. The van der Waals surface area contributed by atoms with Gasteiger partial charge in [0, 0.05) is 6.04 Å². The minimum Gasteiger partial charge on any atom is -0.306 e. The second kappa shape index (κ2) is 2.70. The van der Waals surface area contributed by atoms with Crippen LogP contribution in [0.5, 0.6) is 0 Å². The highest BCUT2D eigenvalue weighted by Gasteiger charge is 2.30. The maximum Gasteiger partial charge on any atom is 0.0117 e. The van der Waals surface area contributed by atoms with Crippen LogP contribution in [0.25, 0.3) is 0 Å². The molecule has 1 nitrogen and oxygen atoms in total. The number of hydrogen-bond acceptors (Lipinski definition) is 1. The first-order chi connectivity index (χ1) is 4.25. The third-order valence-corrected chi connectivity index (χ3v) is 2.57. The van der Waals surface area contributed by atoms with Crippen LogP contribution in [0.2, 0.25) is 0 Å². The zero-order valence-corrected chi connectivity index (χ0v) is 6.72. The van der Waals surface area contributed by atoms with Gasteiger partial charge in [0.25, 0.3) is 0 Å². The molecule has 0 aromatic heterocycles. The third kappa shape index (κ3) is 1.26. The predicted octanol–water partition coefficient (Wildman–Crippen LogP) is 1.74. The Hall–Kier alpha value is -0.0400. The maximum absolute atomic E-state index is 2.36. The van der Waals surface area contributed by atoms with E-state index in [0.717, 1.165) is 12.0 Å². The fourth-order valence-corrected chi connectivity index (χ4v) is 1.71. The van der Waals surface area contributed by atoms with Gasteiger partial charge >= 0.3 is 0 Å². The molecule has 0 aliphatic heterocycles. The Bertz CT molecular complexity index is 86.6. The summed E-state index contributed by atoms with van der Waals surface area (Å²) in [6.07, 6.45) is 4.24. The van der Waals surface area contributed by atoms with Crippen LogP contribution >= 0.6 is 0 Å². The monoisotopic (exact) mass is 127 g/mol. The second-order valence-electron chi connectivity index (χ2n) is 3.28. The van der Waals surface area contributed by atoms with Crippen molar-refractivity contribution >= 4 is 0 Å². The van der Waals surface area contributed by atoms with Gasteiger partial charge in [0.15, 0.2) is 0 Å². The van der Waals surface area contributed by atoms with Crippen molar-refractivity contribution in [3.8, 4) is 0 Å². The molecule has 54 valence electrons. The van der Waals surface area contributed by atoms with Gasteiger partial charge in [-0.05, 0) is 32.9 Å². The van der Waals surface area contributed by atoms with Crippen LogP contribution < -0.4 is 0 Å². The number of hydrogen-bond donors (Lipinski definition) is 0. The zero-order chi connectivity index (χ0) is 6.85. The summed E-state index contributed by atoms with van der Waals surface area (Å²) in [5, 5.41) is 0. The molecule has 0 radical (unpaired) electrons. The standard InChI is InChI=1S/C8H17N/c1-4-7-5-6-8(7)9(2)3/h7-8H,4-6H2,1-3H3/t7-,8-/m0/s1. The Labute approximate surface area is 58.0 Å². The Kier molecular flexibility index (Phi) is 2.12. The first kappa shape index (κ1) is 7.07. The smallest absolute Gasteiger partial charge is 0.0117 e. The van der Waals surface area contributed by atoms with Crippen LogP contribution in [-0.4, -0.2) is 25.0 Å². The number of nitrogens with zero attached hydrogens (tertiary/aromatic N) is 1. The van der Waals surface area contributed by atoms with Crippen molar-refractivity contribution in [2.24, 2.45) is 5.92 Å². The average Bonchev–Trinajstić information content (AvgIpc) is 1.61. The van der Waals surface area contributed by atoms with Crippen LogP contribution in [0.3, 0.4) is 0 Å². The van der Waals surface area contributed by atoms with Gasteiger partial charge in [-0.2, -0.15) is 0 Å². The van der Waals surface area contributed by atoms with Gasteiger partial charge in [0.1, 0.15) is 0 Å². The molecule has 1 saturated carbocycles. The SMILES string of the molecule is CC[C@H]1CC[C@@H]1N(C)C. The molecular weight excluding hydrogens is 110 g/mol. The molecule has 0 saturated heterocycles. The van der Waals surface area contributed by atoms with Crippen molar-refractivity contribution < 1.29 is 0 Å². The van der Waals surface area contributed by atoms with E-state index in [1.54, 1.807) is 0 Å². The highest BCUT2D eigenvalue weighted by Crippen LogP contribution is 2.32. The molecular formula is C8H17N. The maximum atomic E-state index is 2.36. The summed E-state index contributed by atoms with van der Waals surface area (Å²) in [5.74, 6) is 1.000. The van der Waals surface area contributed by atoms with E-state index in [-0.39, 0.29) is 0 Å². The summed E-state index contributed by atoms with van der Waals surface area (Å²) >= 11 is 0. The molecule has 0 aromatic rings. The molecule has 0 amide bonds. The lowest BCUT2D eigenvalue weighted by atomic mass is 9.77. The van der Waals surface area contributed by atoms with E-state index in [1.807, 2.05) is 0 Å². The van der Waals surface area contributed by atoms with Gasteiger partial charge in [-0.25, -0.2) is 0 Å². The van der Waals surface area contributed by atoms with Crippen LogP contribution in [0, 0.1) is 5.92 Å². The van der Waals surface area contributed by atoms with E-state index in [0.29, 0.717) is 0 Å². The van der Waals surface area contributed by atoms with Crippen molar-refractivity contribution in [3.05, 3.63) is 0 Å². The second-order valence-corrected chi connectivity index (χ2v) is 3.28. The van der Waals surface area contributed by atoms with Crippen molar-refractivity contribution in [3.63, 3.8) is 0 Å². The number of rotatable bonds is 2. The largest absolute Gasteiger partial charge is 0.306 e. The summed E-state index contributed by atoms with van der Waals surface area (Å²) in [5.41, 5.74) is 0. The lowest BCUT2D eigenvalue weighted by Gasteiger charge is -2.40. The first-order valence-electron chi connectivity index (χ1n) is 3.92. The summed E-state index contributed by atoms with van der Waals surface area (Å²) in [7, 11) is 4.37. The Morgan fingerprint density at radius 2 is 2.00 bits per heavy atom. The fraction of sp³-hybridized carbons (Fsp3) is 1.00. The normalized spacial score (nSPS) is 34.7. The highest BCUT2D eigenvalue weighted by atomic mass is 15.1. The van der Waals surface area contributed by atoms with Crippen molar-refractivity contribution in [1.82, 2.24) is 4.90 Å². The fourth-order valence-electron chi connectivity index (χ4n) is 1.71. The van der Waals surface area contributed by atoms with E-state index in [2.05, 4.69) is 25.9 Å². The van der Waals surface area contributed by atoms with Gasteiger partial charge < -0.3 is 4.90 Å². The molecule has 2 atom stereocenters. The van der Waals surface area contributed by atoms with E-state index in [9.17, 15) is 0 Å². The average molecular weight is 127 g/mol. The molecule has 1 heteroatoms. The molecule has 9 heavy (non-hydrogen) atoms. The third-order valence-electron chi connectivity index (χ3n) is 2.57. The van der Waals surface area contributed by atoms with Gasteiger partial charge in [-0.3, -0.25) is 0 Å². The molecule has 0 N–H and O–H groups in total. The van der Waals surface area contributed by atoms with Crippen LogP contribution in [0.15, 0.2) is 0 Å². The molecule has 0 heterocycles. The molecule has 0 bridgehead atoms. The van der Waals surface area contributed by atoms with Gasteiger partial charge in [0.2, 0.25) is 0 Å². The predicted molar refractivity (Wildman–Crippen MR) is 40.5 cm³/mol. The molecule has 1 aliphatic rings. The molecule has 0 aromatic carbocycles. The molecule has 1 aliphatic carbocycles. The quantitative estimate of drug-likeness (QED) is 0.546.